The van der Waals surface area contributed by atoms with Crippen molar-refractivity contribution in [3.05, 3.63) is 34.9 Å². The van der Waals surface area contributed by atoms with E-state index in [-0.39, 0.29) is 0 Å². The Kier molecular flexibility index (Phi) is 5.48. The maximum absolute atomic E-state index is 3.97. The summed E-state index contributed by atoms with van der Waals surface area (Å²) in [7, 11) is 0. The summed E-state index contributed by atoms with van der Waals surface area (Å²) < 4.78 is 0. The standard InChI is InChI=1S/C20H33N/c1-13(2)18-10-8-15(4)12-20(18)21-17(6)19-11-14(3)7-9-16(19)5/h7,9,11,13,15,17-18,20-21H,8,10,12H2,1-6H3. The molecule has 0 aromatic heterocycles. The molecule has 0 aliphatic heterocycles. The van der Waals surface area contributed by atoms with Gasteiger partial charge in [0, 0.05) is 12.1 Å². The first-order chi connectivity index (χ1) is 9.88. The molecule has 0 radical (unpaired) electrons. The van der Waals surface area contributed by atoms with Gasteiger partial charge in [-0.05, 0) is 62.5 Å². The van der Waals surface area contributed by atoms with Gasteiger partial charge in [0.2, 0.25) is 0 Å². The third-order valence-corrected chi connectivity index (χ3v) is 5.39. The molecule has 1 aromatic carbocycles. The van der Waals surface area contributed by atoms with Crippen LogP contribution < -0.4 is 5.32 Å². The van der Waals surface area contributed by atoms with Crippen molar-refractivity contribution in [2.24, 2.45) is 17.8 Å². The number of hydrogen-bond donors (Lipinski definition) is 1. The highest BCUT2D eigenvalue weighted by atomic mass is 15.0. The predicted octanol–water partition coefficient (Wildman–Crippen LogP) is 5.41. The van der Waals surface area contributed by atoms with E-state index in [0.29, 0.717) is 12.1 Å². The van der Waals surface area contributed by atoms with Gasteiger partial charge in [0.05, 0.1) is 0 Å². The molecular formula is C20H33N. The highest BCUT2D eigenvalue weighted by Crippen LogP contribution is 2.35. The molecule has 1 saturated carbocycles. The van der Waals surface area contributed by atoms with Crippen LogP contribution in [0.15, 0.2) is 18.2 Å². The summed E-state index contributed by atoms with van der Waals surface area (Å²) in [5.74, 6) is 2.47. The summed E-state index contributed by atoms with van der Waals surface area (Å²) in [6.45, 7) is 13.9. The summed E-state index contributed by atoms with van der Waals surface area (Å²) in [6, 6.07) is 7.94. The fraction of sp³-hybridized carbons (Fsp3) is 0.700. The lowest BCUT2D eigenvalue weighted by Gasteiger charge is -2.39. The van der Waals surface area contributed by atoms with Crippen molar-refractivity contribution < 1.29 is 0 Å². The Labute approximate surface area is 131 Å². The molecule has 1 nitrogen and oxygen atoms in total. The summed E-state index contributed by atoms with van der Waals surface area (Å²) in [5, 5.41) is 3.97. The smallest absolute Gasteiger partial charge is 0.0297 e. The molecule has 1 aliphatic carbocycles. The minimum absolute atomic E-state index is 0.446. The van der Waals surface area contributed by atoms with E-state index < -0.39 is 0 Å². The highest BCUT2D eigenvalue weighted by Gasteiger charge is 2.31. The lowest BCUT2D eigenvalue weighted by molar-refractivity contribution is 0.161. The second-order valence-corrected chi connectivity index (χ2v) is 7.68. The monoisotopic (exact) mass is 287 g/mol. The van der Waals surface area contributed by atoms with E-state index in [0.717, 1.165) is 17.8 Å². The van der Waals surface area contributed by atoms with Crippen LogP contribution >= 0.6 is 0 Å². The van der Waals surface area contributed by atoms with Gasteiger partial charge in [0.25, 0.3) is 0 Å². The largest absolute Gasteiger partial charge is 0.307 e. The zero-order valence-electron chi connectivity index (χ0n) is 14.7. The van der Waals surface area contributed by atoms with Crippen molar-refractivity contribution in [2.75, 3.05) is 0 Å². The fourth-order valence-electron chi connectivity index (χ4n) is 4.03. The van der Waals surface area contributed by atoms with Gasteiger partial charge in [-0.25, -0.2) is 0 Å². The normalized spacial score (nSPS) is 27.9. The zero-order chi connectivity index (χ0) is 15.6. The Bertz CT molecular complexity index is 463. The van der Waals surface area contributed by atoms with Crippen LogP contribution in [0, 0.1) is 31.6 Å². The molecule has 1 aromatic rings. The maximum Gasteiger partial charge on any atom is 0.0297 e. The Morgan fingerprint density at radius 1 is 1.10 bits per heavy atom. The Hall–Kier alpha value is -0.820. The molecule has 4 atom stereocenters. The van der Waals surface area contributed by atoms with E-state index in [9.17, 15) is 0 Å². The molecule has 4 unspecified atom stereocenters. The molecule has 118 valence electrons. The molecule has 0 heterocycles. The molecule has 21 heavy (non-hydrogen) atoms. The van der Waals surface area contributed by atoms with Crippen molar-refractivity contribution in [2.45, 2.75) is 72.9 Å². The minimum Gasteiger partial charge on any atom is -0.307 e. The van der Waals surface area contributed by atoms with E-state index in [1.54, 1.807) is 0 Å². The second kappa shape index (κ2) is 6.96. The first kappa shape index (κ1) is 16.5. The summed E-state index contributed by atoms with van der Waals surface area (Å²) in [4.78, 5) is 0. The van der Waals surface area contributed by atoms with Crippen LogP contribution in [0.4, 0.5) is 0 Å². The van der Waals surface area contributed by atoms with Gasteiger partial charge in [-0.3, -0.25) is 0 Å². The predicted molar refractivity (Wildman–Crippen MR) is 92.6 cm³/mol. The van der Waals surface area contributed by atoms with Crippen molar-refractivity contribution in [1.29, 1.82) is 0 Å². The van der Waals surface area contributed by atoms with Crippen LogP contribution in [0.2, 0.25) is 0 Å². The zero-order valence-corrected chi connectivity index (χ0v) is 14.7. The number of rotatable bonds is 4. The summed E-state index contributed by atoms with van der Waals surface area (Å²) >= 11 is 0. The van der Waals surface area contributed by atoms with E-state index in [1.165, 1.54) is 36.0 Å². The molecule has 0 spiro atoms. The Morgan fingerprint density at radius 2 is 1.81 bits per heavy atom. The molecule has 0 amide bonds. The molecule has 0 bridgehead atoms. The SMILES string of the molecule is Cc1ccc(C)c(C(C)NC2CC(C)CCC2C(C)C)c1. The third kappa shape index (κ3) is 4.10. The maximum atomic E-state index is 3.97. The Morgan fingerprint density at radius 3 is 2.48 bits per heavy atom. The van der Waals surface area contributed by atoms with E-state index >= 15 is 0 Å². The lowest BCUT2D eigenvalue weighted by atomic mass is 9.73. The first-order valence-corrected chi connectivity index (χ1v) is 8.71. The quantitative estimate of drug-likeness (QED) is 0.780. The van der Waals surface area contributed by atoms with E-state index in [1.807, 2.05) is 0 Å². The van der Waals surface area contributed by atoms with Gasteiger partial charge in [-0.15, -0.1) is 0 Å². The van der Waals surface area contributed by atoms with Crippen LogP contribution in [0.25, 0.3) is 0 Å². The molecule has 1 aliphatic rings. The summed E-state index contributed by atoms with van der Waals surface area (Å²) in [5.41, 5.74) is 4.24. The Balaban J connectivity index is 2.12. The molecule has 0 saturated heterocycles. The van der Waals surface area contributed by atoms with Crippen LogP contribution in [-0.2, 0) is 0 Å². The van der Waals surface area contributed by atoms with Gasteiger partial charge in [-0.1, -0.05) is 51.0 Å². The minimum atomic E-state index is 0.446. The van der Waals surface area contributed by atoms with Crippen LogP contribution in [-0.4, -0.2) is 6.04 Å². The number of aryl methyl sites for hydroxylation is 2. The van der Waals surface area contributed by atoms with Crippen LogP contribution in [0.5, 0.6) is 0 Å². The van der Waals surface area contributed by atoms with Gasteiger partial charge in [0.15, 0.2) is 0 Å². The van der Waals surface area contributed by atoms with Crippen molar-refractivity contribution in [1.82, 2.24) is 5.32 Å². The average molecular weight is 287 g/mol. The van der Waals surface area contributed by atoms with Gasteiger partial charge in [-0.2, -0.15) is 0 Å². The van der Waals surface area contributed by atoms with Crippen molar-refractivity contribution >= 4 is 0 Å². The van der Waals surface area contributed by atoms with Crippen LogP contribution in [0.1, 0.15) is 69.7 Å². The molecular weight excluding hydrogens is 254 g/mol. The topological polar surface area (TPSA) is 12.0 Å². The van der Waals surface area contributed by atoms with Gasteiger partial charge < -0.3 is 5.32 Å². The number of hydrogen-bond acceptors (Lipinski definition) is 1. The average Bonchev–Trinajstić information content (AvgIpc) is 2.41. The number of benzene rings is 1. The second-order valence-electron chi connectivity index (χ2n) is 7.68. The fourth-order valence-corrected chi connectivity index (χ4v) is 4.03. The van der Waals surface area contributed by atoms with E-state index in [4.69, 9.17) is 0 Å². The van der Waals surface area contributed by atoms with E-state index in [2.05, 4.69) is 65.1 Å². The van der Waals surface area contributed by atoms with Gasteiger partial charge >= 0.3 is 0 Å². The number of nitrogens with one attached hydrogen (secondary N) is 1. The van der Waals surface area contributed by atoms with Crippen molar-refractivity contribution in [3.63, 3.8) is 0 Å². The molecule has 1 heteroatoms. The van der Waals surface area contributed by atoms with Gasteiger partial charge in [0.1, 0.15) is 0 Å². The molecule has 1 fully saturated rings. The first-order valence-electron chi connectivity index (χ1n) is 8.71. The third-order valence-electron chi connectivity index (χ3n) is 5.39. The lowest BCUT2D eigenvalue weighted by Crippen LogP contribution is -2.44. The highest BCUT2D eigenvalue weighted by molar-refractivity contribution is 5.32. The van der Waals surface area contributed by atoms with Crippen molar-refractivity contribution in [3.8, 4) is 0 Å². The molecule has 2 rings (SSSR count). The van der Waals surface area contributed by atoms with Crippen LogP contribution in [0.3, 0.4) is 0 Å². The summed E-state index contributed by atoms with van der Waals surface area (Å²) in [6.07, 6.45) is 4.12. The molecule has 1 N–H and O–H groups in total.